The van der Waals surface area contributed by atoms with E-state index in [2.05, 4.69) is 23.6 Å². The van der Waals surface area contributed by atoms with E-state index in [-0.39, 0.29) is 18.3 Å². The maximum Gasteiger partial charge on any atom is 0.251 e. The van der Waals surface area contributed by atoms with Gasteiger partial charge in [-0.25, -0.2) is 0 Å². The van der Waals surface area contributed by atoms with Crippen LogP contribution in [0.15, 0.2) is 35.9 Å². The molecule has 0 saturated heterocycles. The third-order valence-corrected chi connectivity index (χ3v) is 4.27. The number of carbonyl (C=O) groups excluding carboxylic acids is 1. The number of hydrogen-bond donors (Lipinski definition) is 2. The topological polar surface area (TPSA) is 41.1 Å². The largest absolute Gasteiger partial charge is 0.348 e. The Balaban J connectivity index is 0.00000220. The minimum absolute atomic E-state index is 0. The molecule has 0 spiro atoms. The molecule has 1 amide bonds. The summed E-state index contributed by atoms with van der Waals surface area (Å²) >= 11 is 1.89. The molecular formula is C16H23ClN2OS. The molecule has 21 heavy (non-hydrogen) atoms. The van der Waals surface area contributed by atoms with Crippen LogP contribution in [0.1, 0.15) is 29.3 Å². The molecule has 0 aliphatic carbocycles. The number of hydrogen-bond acceptors (Lipinski definition) is 3. The van der Waals surface area contributed by atoms with Gasteiger partial charge in [0.15, 0.2) is 0 Å². The van der Waals surface area contributed by atoms with Gasteiger partial charge in [0.2, 0.25) is 0 Å². The van der Waals surface area contributed by atoms with E-state index in [4.69, 9.17) is 0 Å². The molecule has 1 heterocycles. The van der Waals surface area contributed by atoms with E-state index < -0.39 is 0 Å². The molecular weight excluding hydrogens is 304 g/mol. The zero-order valence-electron chi connectivity index (χ0n) is 12.4. The number of benzene rings is 1. The summed E-state index contributed by atoms with van der Waals surface area (Å²) in [6.07, 6.45) is 3.18. The van der Waals surface area contributed by atoms with Crippen molar-refractivity contribution in [2.45, 2.75) is 19.1 Å². The van der Waals surface area contributed by atoms with Crippen LogP contribution in [0.5, 0.6) is 0 Å². The highest BCUT2D eigenvalue weighted by Gasteiger charge is 2.07. The molecule has 2 N–H and O–H groups in total. The normalized spacial score (nSPS) is 14.0. The Labute approximate surface area is 137 Å². The summed E-state index contributed by atoms with van der Waals surface area (Å²) in [5, 5.41) is 6.26. The molecule has 0 saturated carbocycles. The fourth-order valence-electron chi connectivity index (χ4n) is 2.10. The molecule has 5 heteroatoms. The zero-order chi connectivity index (χ0) is 14.2. The summed E-state index contributed by atoms with van der Waals surface area (Å²) in [7, 11) is 0. The molecule has 116 valence electrons. The first kappa shape index (κ1) is 18.1. The van der Waals surface area contributed by atoms with Crippen LogP contribution in [0.2, 0.25) is 0 Å². The van der Waals surface area contributed by atoms with Gasteiger partial charge in [-0.1, -0.05) is 30.7 Å². The molecule has 0 unspecified atom stereocenters. The zero-order valence-corrected chi connectivity index (χ0v) is 14.0. The summed E-state index contributed by atoms with van der Waals surface area (Å²) in [6, 6.07) is 7.91. The van der Waals surface area contributed by atoms with Gasteiger partial charge >= 0.3 is 0 Å². The Bertz CT molecular complexity index is 474. The standard InChI is InChI=1S/C16H22N2OS.ClH/c1-2-20-12-14-3-5-15(6-4-14)16(19)18-11-13-7-9-17-10-8-13;/h3-7,17H,2,8-12H2,1H3,(H,18,19);1H. The van der Waals surface area contributed by atoms with Crippen LogP contribution in [0, 0.1) is 0 Å². The van der Waals surface area contributed by atoms with Crippen molar-refractivity contribution in [1.29, 1.82) is 0 Å². The number of halogens is 1. The summed E-state index contributed by atoms with van der Waals surface area (Å²) in [5.74, 6) is 2.14. The van der Waals surface area contributed by atoms with Crippen molar-refractivity contribution >= 4 is 30.1 Å². The number of nitrogens with one attached hydrogen (secondary N) is 2. The van der Waals surface area contributed by atoms with E-state index in [1.54, 1.807) is 0 Å². The van der Waals surface area contributed by atoms with Crippen LogP contribution < -0.4 is 10.6 Å². The Kier molecular flexibility index (Phi) is 8.50. The smallest absolute Gasteiger partial charge is 0.251 e. The van der Waals surface area contributed by atoms with E-state index in [9.17, 15) is 4.79 Å². The second-order valence-electron chi connectivity index (χ2n) is 4.83. The molecule has 2 rings (SSSR count). The lowest BCUT2D eigenvalue weighted by molar-refractivity contribution is 0.0956. The highest BCUT2D eigenvalue weighted by molar-refractivity contribution is 7.98. The van der Waals surface area contributed by atoms with Crippen molar-refractivity contribution < 1.29 is 4.79 Å². The average Bonchev–Trinajstić information content (AvgIpc) is 2.52. The van der Waals surface area contributed by atoms with Crippen molar-refractivity contribution in [1.82, 2.24) is 10.6 Å². The van der Waals surface area contributed by atoms with Gasteiger partial charge in [-0.2, -0.15) is 11.8 Å². The van der Waals surface area contributed by atoms with Crippen molar-refractivity contribution in [2.24, 2.45) is 0 Å². The third-order valence-electron chi connectivity index (χ3n) is 3.32. The van der Waals surface area contributed by atoms with E-state index in [1.807, 2.05) is 36.0 Å². The predicted octanol–water partition coefficient (Wildman–Crippen LogP) is 3.01. The lowest BCUT2D eigenvalue weighted by atomic mass is 10.1. The summed E-state index contributed by atoms with van der Waals surface area (Å²) in [6.45, 7) is 4.73. The fraction of sp³-hybridized carbons (Fsp3) is 0.438. The van der Waals surface area contributed by atoms with Gasteiger partial charge in [0, 0.05) is 24.4 Å². The van der Waals surface area contributed by atoms with Gasteiger partial charge in [0.25, 0.3) is 5.91 Å². The summed E-state index contributed by atoms with van der Waals surface area (Å²) in [5.41, 5.74) is 3.33. The summed E-state index contributed by atoms with van der Waals surface area (Å²) < 4.78 is 0. The molecule has 0 radical (unpaired) electrons. The molecule has 1 aromatic rings. The van der Waals surface area contributed by atoms with E-state index in [1.165, 1.54) is 11.1 Å². The van der Waals surface area contributed by atoms with Crippen LogP contribution in [-0.2, 0) is 5.75 Å². The Morgan fingerprint density at radius 2 is 2.10 bits per heavy atom. The maximum atomic E-state index is 12.1. The number of thioether (sulfide) groups is 1. The van der Waals surface area contributed by atoms with Crippen LogP contribution in [0.4, 0.5) is 0 Å². The molecule has 1 aliphatic heterocycles. The fourth-order valence-corrected chi connectivity index (χ4v) is 2.73. The number of carbonyl (C=O) groups is 1. The molecule has 0 aromatic heterocycles. The van der Waals surface area contributed by atoms with Crippen LogP contribution >= 0.6 is 24.2 Å². The molecule has 1 aromatic carbocycles. The van der Waals surface area contributed by atoms with Crippen molar-refractivity contribution in [3.05, 3.63) is 47.0 Å². The lowest BCUT2D eigenvalue weighted by Gasteiger charge is -2.14. The quantitative estimate of drug-likeness (QED) is 0.790. The first-order valence-electron chi connectivity index (χ1n) is 7.13. The van der Waals surface area contributed by atoms with Crippen LogP contribution in [-0.4, -0.2) is 31.3 Å². The Hall–Kier alpha value is -0.970. The predicted molar refractivity (Wildman–Crippen MR) is 93.4 cm³/mol. The monoisotopic (exact) mass is 326 g/mol. The van der Waals surface area contributed by atoms with E-state index >= 15 is 0 Å². The Morgan fingerprint density at radius 1 is 1.33 bits per heavy atom. The van der Waals surface area contributed by atoms with Crippen molar-refractivity contribution in [2.75, 3.05) is 25.4 Å². The molecule has 1 aliphatic rings. The van der Waals surface area contributed by atoms with Crippen LogP contribution in [0.3, 0.4) is 0 Å². The second-order valence-corrected chi connectivity index (χ2v) is 6.11. The van der Waals surface area contributed by atoms with E-state index in [0.29, 0.717) is 6.54 Å². The SMILES string of the molecule is CCSCc1ccc(C(=O)NCC2=CCNCC2)cc1.Cl. The number of amides is 1. The minimum atomic E-state index is 0. The van der Waals surface area contributed by atoms with Gasteiger partial charge in [-0.05, 0) is 36.4 Å². The first-order valence-corrected chi connectivity index (χ1v) is 8.28. The van der Waals surface area contributed by atoms with Crippen molar-refractivity contribution in [3.8, 4) is 0 Å². The van der Waals surface area contributed by atoms with Gasteiger partial charge in [-0.15, -0.1) is 12.4 Å². The van der Waals surface area contributed by atoms with Gasteiger partial charge in [0.1, 0.15) is 0 Å². The van der Waals surface area contributed by atoms with Crippen LogP contribution in [0.25, 0.3) is 0 Å². The molecule has 0 bridgehead atoms. The maximum absolute atomic E-state index is 12.1. The Morgan fingerprint density at radius 3 is 2.71 bits per heavy atom. The van der Waals surface area contributed by atoms with E-state index in [0.717, 1.165) is 36.6 Å². The highest BCUT2D eigenvalue weighted by atomic mass is 35.5. The second kappa shape index (κ2) is 9.87. The van der Waals surface area contributed by atoms with Gasteiger partial charge < -0.3 is 10.6 Å². The molecule has 0 atom stereocenters. The minimum Gasteiger partial charge on any atom is -0.348 e. The first-order chi connectivity index (χ1) is 9.79. The van der Waals surface area contributed by atoms with Crippen molar-refractivity contribution in [3.63, 3.8) is 0 Å². The van der Waals surface area contributed by atoms with Gasteiger partial charge in [-0.3, -0.25) is 4.79 Å². The highest BCUT2D eigenvalue weighted by Crippen LogP contribution is 2.12. The number of rotatable bonds is 6. The lowest BCUT2D eigenvalue weighted by Crippen LogP contribution is -2.29. The summed E-state index contributed by atoms with van der Waals surface area (Å²) in [4.78, 5) is 12.1. The molecule has 3 nitrogen and oxygen atoms in total. The average molecular weight is 327 g/mol. The third kappa shape index (κ3) is 6.12. The van der Waals surface area contributed by atoms with Gasteiger partial charge in [0.05, 0.1) is 0 Å². The molecule has 0 fully saturated rings.